The van der Waals surface area contributed by atoms with Crippen molar-refractivity contribution in [2.75, 3.05) is 19.4 Å². The maximum atomic E-state index is 12.6. The van der Waals surface area contributed by atoms with Crippen LogP contribution in [0.1, 0.15) is 33.6 Å². The molecule has 7 heteroatoms. The molecule has 1 aromatic heterocycles. The molecule has 0 bridgehead atoms. The lowest BCUT2D eigenvalue weighted by Crippen LogP contribution is -2.22. The van der Waals surface area contributed by atoms with E-state index in [2.05, 4.69) is 5.32 Å². The Morgan fingerprint density at radius 1 is 1.21 bits per heavy atom. The van der Waals surface area contributed by atoms with Crippen molar-refractivity contribution in [2.24, 2.45) is 0 Å². The average Bonchev–Trinajstić information content (AvgIpc) is 2.99. The van der Waals surface area contributed by atoms with Gasteiger partial charge < -0.3 is 5.32 Å². The molecular formula is C17H20N2O3S2. The number of anilines is 1. The Balaban J connectivity index is 1.84. The first-order valence-electron chi connectivity index (χ1n) is 7.83. The molecule has 0 unspecified atom stereocenters. The number of nitrogens with one attached hydrogen (secondary N) is 1. The third kappa shape index (κ3) is 3.24. The molecule has 1 aliphatic rings. The third-order valence-electron chi connectivity index (χ3n) is 4.18. The van der Waals surface area contributed by atoms with Crippen LogP contribution >= 0.6 is 11.3 Å². The van der Waals surface area contributed by atoms with E-state index in [1.165, 1.54) is 37.5 Å². The molecule has 1 heterocycles. The standard InChI is InChI=1S/C17H20N2O3S2/c1-19(2)24(21,22)13-7-5-6-12(10-13)18-17(20)15-11-23-16-9-4-3-8-14(15)16/h5-7,10-11H,3-4,8-9H2,1-2H3,(H,18,20). The van der Waals surface area contributed by atoms with Crippen LogP contribution in [0, 0.1) is 0 Å². The van der Waals surface area contributed by atoms with Gasteiger partial charge in [-0.1, -0.05) is 6.07 Å². The highest BCUT2D eigenvalue weighted by Gasteiger charge is 2.21. The van der Waals surface area contributed by atoms with Crippen molar-refractivity contribution >= 4 is 33.0 Å². The highest BCUT2D eigenvalue weighted by molar-refractivity contribution is 7.89. The molecule has 24 heavy (non-hydrogen) atoms. The highest BCUT2D eigenvalue weighted by Crippen LogP contribution is 2.30. The minimum atomic E-state index is -3.52. The number of thiophene rings is 1. The Hall–Kier alpha value is -1.70. The lowest BCUT2D eigenvalue weighted by atomic mass is 9.95. The first kappa shape index (κ1) is 17.1. The quantitative estimate of drug-likeness (QED) is 0.906. The summed E-state index contributed by atoms with van der Waals surface area (Å²) in [5.41, 5.74) is 2.36. The smallest absolute Gasteiger partial charge is 0.256 e. The SMILES string of the molecule is CN(C)S(=O)(=O)c1cccc(NC(=O)c2csc3c2CCCC3)c1. The van der Waals surface area contributed by atoms with Crippen molar-refractivity contribution in [3.8, 4) is 0 Å². The van der Waals surface area contributed by atoms with Crippen LogP contribution in [0.25, 0.3) is 0 Å². The van der Waals surface area contributed by atoms with Gasteiger partial charge in [0, 0.05) is 30.0 Å². The van der Waals surface area contributed by atoms with Gasteiger partial charge in [0.25, 0.3) is 5.91 Å². The Kier molecular flexibility index (Phi) is 4.76. The molecule has 1 aliphatic carbocycles. The minimum absolute atomic E-state index is 0.164. The summed E-state index contributed by atoms with van der Waals surface area (Å²) in [6.45, 7) is 0. The van der Waals surface area contributed by atoms with Crippen LogP contribution in [-0.2, 0) is 22.9 Å². The number of hydrogen-bond donors (Lipinski definition) is 1. The number of amides is 1. The van der Waals surface area contributed by atoms with Crippen molar-refractivity contribution < 1.29 is 13.2 Å². The van der Waals surface area contributed by atoms with E-state index >= 15 is 0 Å². The number of rotatable bonds is 4. The van der Waals surface area contributed by atoms with E-state index in [4.69, 9.17) is 0 Å². The van der Waals surface area contributed by atoms with Gasteiger partial charge in [-0.25, -0.2) is 12.7 Å². The largest absolute Gasteiger partial charge is 0.322 e. The van der Waals surface area contributed by atoms with Gasteiger partial charge >= 0.3 is 0 Å². The molecule has 0 fully saturated rings. The molecule has 1 amide bonds. The molecule has 0 saturated carbocycles. The summed E-state index contributed by atoms with van der Waals surface area (Å²) in [4.78, 5) is 14.0. The van der Waals surface area contributed by atoms with Crippen LogP contribution in [0.4, 0.5) is 5.69 Å². The van der Waals surface area contributed by atoms with E-state index in [1.54, 1.807) is 23.5 Å². The summed E-state index contributed by atoms with van der Waals surface area (Å²) >= 11 is 1.64. The number of carbonyl (C=O) groups is 1. The first-order valence-corrected chi connectivity index (χ1v) is 10.1. The Morgan fingerprint density at radius 3 is 2.71 bits per heavy atom. The number of nitrogens with zero attached hydrogens (tertiary/aromatic N) is 1. The van der Waals surface area contributed by atoms with Crippen molar-refractivity contribution in [1.82, 2.24) is 4.31 Å². The fourth-order valence-corrected chi connectivity index (χ4v) is 4.90. The number of aryl methyl sites for hydroxylation is 1. The zero-order valence-electron chi connectivity index (χ0n) is 13.7. The van der Waals surface area contributed by atoms with Crippen molar-refractivity contribution in [3.63, 3.8) is 0 Å². The van der Waals surface area contributed by atoms with E-state index in [0.29, 0.717) is 5.69 Å². The Bertz CT molecular complexity index is 870. The fourth-order valence-electron chi connectivity index (χ4n) is 2.83. The average molecular weight is 364 g/mol. The number of hydrogen-bond acceptors (Lipinski definition) is 4. The zero-order chi connectivity index (χ0) is 17.3. The number of fused-ring (bicyclic) bond motifs is 1. The molecule has 0 atom stereocenters. The summed E-state index contributed by atoms with van der Waals surface area (Å²) in [6.07, 6.45) is 4.28. The molecule has 3 rings (SSSR count). The second kappa shape index (κ2) is 6.66. The van der Waals surface area contributed by atoms with E-state index in [9.17, 15) is 13.2 Å². The molecule has 5 nitrogen and oxygen atoms in total. The lowest BCUT2D eigenvalue weighted by Gasteiger charge is -2.14. The number of carbonyl (C=O) groups excluding carboxylic acids is 1. The third-order valence-corrected chi connectivity index (χ3v) is 7.08. The number of benzene rings is 1. The second-order valence-corrected chi connectivity index (χ2v) is 9.14. The monoisotopic (exact) mass is 364 g/mol. The predicted octanol–water partition coefficient (Wildman–Crippen LogP) is 3.13. The zero-order valence-corrected chi connectivity index (χ0v) is 15.3. The maximum Gasteiger partial charge on any atom is 0.256 e. The minimum Gasteiger partial charge on any atom is -0.322 e. The normalized spacial score (nSPS) is 14.5. The molecule has 1 N–H and O–H groups in total. The molecule has 0 aliphatic heterocycles. The summed E-state index contributed by atoms with van der Waals surface area (Å²) in [5, 5.41) is 4.74. The van der Waals surface area contributed by atoms with Gasteiger partial charge in [0.15, 0.2) is 0 Å². The second-order valence-electron chi connectivity index (χ2n) is 6.03. The van der Waals surface area contributed by atoms with Crippen molar-refractivity contribution in [2.45, 2.75) is 30.6 Å². The predicted molar refractivity (Wildman–Crippen MR) is 96.2 cm³/mol. The van der Waals surface area contributed by atoms with Crippen LogP contribution in [0.5, 0.6) is 0 Å². The Morgan fingerprint density at radius 2 is 1.96 bits per heavy atom. The van der Waals surface area contributed by atoms with Gasteiger partial charge in [-0.2, -0.15) is 0 Å². The molecule has 0 spiro atoms. The molecule has 2 aromatic rings. The topological polar surface area (TPSA) is 66.5 Å². The van der Waals surface area contributed by atoms with Gasteiger partial charge in [0.2, 0.25) is 10.0 Å². The van der Waals surface area contributed by atoms with Crippen LogP contribution in [-0.4, -0.2) is 32.7 Å². The van der Waals surface area contributed by atoms with Crippen LogP contribution in [0.3, 0.4) is 0 Å². The molecule has 0 saturated heterocycles. The maximum absolute atomic E-state index is 12.6. The number of sulfonamides is 1. The molecule has 128 valence electrons. The van der Waals surface area contributed by atoms with E-state index in [0.717, 1.165) is 34.7 Å². The van der Waals surface area contributed by atoms with E-state index in [1.807, 2.05) is 5.38 Å². The van der Waals surface area contributed by atoms with Gasteiger partial charge in [0.05, 0.1) is 10.5 Å². The van der Waals surface area contributed by atoms with Crippen LogP contribution < -0.4 is 5.32 Å². The summed E-state index contributed by atoms with van der Waals surface area (Å²) in [7, 11) is -0.551. The van der Waals surface area contributed by atoms with Gasteiger partial charge in [0.1, 0.15) is 0 Å². The highest BCUT2D eigenvalue weighted by atomic mass is 32.2. The van der Waals surface area contributed by atoms with E-state index < -0.39 is 10.0 Å². The molecule has 1 aromatic carbocycles. The van der Waals surface area contributed by atoms with Gasteiger partial charge in [-0.05, 0) is 49.4 Å². The van der Waals surface area contributed by atoms with Crippen LogP contribution in [0.15, 0.2) is 34.5 Å². The lowest BCUT2D eigenvalue weighted by molar-refractivity contribution is 0.102. The first-order chi connectivity index (χ1) is 11.4. The van der Waals surface area contributed by atoms with Gasteiger partial charge in [-0.3, -0.25) is 4.79 Å². The van der Waals surface area contributed by atoms with Crippen molar-refractivity contribution in [1.29, 1.82) is 0 Å². The fraction of sp³-hybridized carbons (Fsp3) is 0.353. The van der Waals surface area contributed by atoms with Crippen molar-refractivity contribution in [3.05, 3.63) is 45.6 Å². The molecule has 0 radical (unpaired) electrons. The van der Waals surface area contributed by atoms with E-state index in [-0.39, 0.29) is 10.8 Å². The summed E-state index contributed by atoms with van der Waals surface area (Å²) < 4.78 is 25.6. The molecular weight excluding hydrogens is 344 g/mol. The Labute approximate surface area is 146 Å². The van der Waals surface area contributed by atoms with Crippen LogP contribution in [0.2, 0.25) is 0 Å². The summed E-state index contributed by atoms with van der Waals surface area (Å²) in [5.74, 6) is -0.172. The summed E-state index contributed by atoms with van der Waals surface area (Å²) in [6, 6.07) is 6.35. The van der Waals surface area contributed by atoms with Gasteiger partial charge in [-0.15, -0.1) is 11.3 Å².